The van der Waals surface area contributed by atoms with Gasteiger partial charge >= 0.3 is 0 Å². The first-order valence-electron chi connectivity index (χ1n) is 5.12. The van der Waals surface area contributed by atoms with Gasteiger partial charge < -0.3 is 10.5 Å². The van der Waals surface area contributed by atoms with E-state index in [2.05, 4.69) is 11.9 Å². The molecule has 0 aromatic carbocycles. The lowest BCUT2D eigenvalue weighted by atomic mass is 10.1. The quantitative estimate of drug-likeness (QED) is 0.781. The fourth-order valence-corrected chi connectivity index (χ4v) is 1.94. The highest BCUT2D eigenvalue weighted by atomic mass is 16.5. The van der Waals surface area contributed by atoms with Crippen LogP contribution >= 0.6 is 0 Å². The van der Waals surface area contributed by atoms with Gasteiger partial charge in [-0.1, -0.05) is 6.92 Å². The number of nitrogen functional groups attached to an aromatic ring is 1. The molecule has 2 unspecified atom stereocenters. The van der Waals surface area contributed by atoms with E-state index in [1.165, 1.54) is 6.42 Å². The summed E-state index contributed by atoms with van der Waals surface area (Å²) in [5.41, 5.74) is 6.38. The van der Waals surface area contributed by atoms with Crippen LogP contribution in [0.15, 0.2) is 18.5 Å². The lowest BCUT2D eigenvalue weighted by Gasteiger charge is -2.14. The number of nitrogens with two attached hydrogens (primary N) is 1. The van der Waals surface area contributed by atoms with Gasteiger partial charge in [0.15, 0.2) is 0 Å². The molecule has 1 aliphatic rings. The molecule has 1 heterocycles. The van der Waals surface area contributed by atoms with Gasteiger partial charge in [0.2, 0.25) is 0 Å². The molecule has 1 fully saturated rings. The third kappa shape index (κ3) is 1.97. The maximum Gasteiger partial charge on any atom is 0.145 e. The molecular formula is C11H16N2O. The monoisotopic (exact) mass is 192 g/mol. The summed E-state index contributed by atoms with van der Waals surface area (Å²) in [5.74, 6) is 1.56. The van der Waals surface area contributed by atoms with Crippen LogP contribution < -0.4 is 10.5 Å². The molecule has 0 radical (unpaired) electrons. The van der Waals surface area contributed by atoms with Crippen LogP contribution in [0, 0.1) is 5.92 Å². The SMILES string of the molecule is CC1CCC(Oc2ccncc2N)C1. The minimum Gasteiger partial charge on any atom is -0.488 e. The van der Waals surface area contributed by atoms with Crippen molar-refractivity contribution < 1.29 is 4.74 Å². The highest BCUT2D eigenvalue weighted by Gasteiger charge is 2.23. The zero-order valence-electron chi connectivity index (χ0n) is 8.44. The standard InChI is InChI=1S/C11H16N2O/c1-8-2-3-9(6-8)14-11-4-5-13-7-10(11)12/h4-5,7-9H,2-3,6,12H2,1H3. The summed E-state index contributed by atoms with van der Waals surface area (Å²) in [5, 5.41) is 0. The number of anilines is 1. The van der Waals surface area contributed by atoms with Gasteiger partial charge in [0.25, 0.3) is 0 Å². The Morgan fingerprint density at radius 2 is 2.36 bits per heavy atom. The van der Waals surface area contributed by atoms with Crippen molar-refractivity contribution in [3.05, 3.63) is 18.5 Å². The summed E-state index contributed by atoms with van der Waals surface area (Å²) in [6.45, 7) is 2.26. The molecule has 0 amide bonds. The largest absolute Gasteiger partial charge is 0.488 e. The minimum absolute atomic E-state index is 0.342. The van der Waals surface area contributed by atoms with E-state index in [0.717, 1.165) is 24.5 Å². The highest BCUT2D eigenvalue weighted by molar-refractivity contribution is 5.49. The van der Waals surface area contributed by atoms with Gasteiger partial charge in [-0.2, -0.15) is 0 Å². The van der Waals surface area contributed by atoms with Crippen molar-refractivity contribution in [2.24, 2.45) is 5.92 Å². The molecule has 2 N–H and O–H groups in total. The first kappa shape index (κ1) is 9.31. The van der Waals surface area contributed by atoms with Crippen molar-refractivity contribution in [3.63, 3.8) is 0 Å². The molecule has 2 atom stereocenters. The molecule has 0 bridgehead atoms. The Labute approximate surface area is 84.3 Å². The fraction of sp³-hybridized carbons (Fsp3) is 0.545. The van der Waals surface area contributed by atoms with Gasteiger partial charge in [0, 0.05) is 12.3 Å². The third-order valence-corrected chi connectivity index (χ3v) is 2.75. The van der Waals surface area contributed by atoms with Gasteiger partial charge in [0.05, 0.1) is 18.0 Å². The third-order valence-electron chi connectivity index (χ3n) is 2.75. The summed E-state index contributed by atoms with van der Waals surface area (Å²) >= 11 is 0. The zero-order valence-corrected chi connectivity index (χ0v) is 8.44. The highest BCUT2D eigenvalue weighted by Crippen LogP contribution is 2.30. The molecule has 0 aliphatic heterocycles. The normalized spacial score (nSPS) is 26.4. The Bertz CT molecular complexity index is 314. The molecule has 14 heavy (non-hydrogen) atoms. The van der Waals surface area contributed by atoms with Gasteiger partial charge in [-0.15, -0.1) is 0 Å². The molecule has 0 spiro atoms. The predicted molar refractivity (Wildman–Crippen MR) is 56.1 cm³/mol. The minimum atomic E-state index is 0.342. The van der Waals surface area contributed by atoms with Crippen molar-refractivity contribution in [3.8, 4) is 5.75 Å². The van der Waals surface area contributed by atoms with Crippen LogP contribution in [0.1, 0.15) is 26.2 Å². The van der Waals surface area contributed by atoms with E-state index in [9.17, 15) is 0 Å². The lowest BCUT2D eigenvalue weighted by molar-refractivity contribution is 0.206. The van der Waals surface area contributed by atoms with Crippen LogP contribution in [0.3, 0.4) is 0 Å². The molecule has 2 rings (SSSR count). The molecule has 3 nitrogen and oxygen atoms in total. The number of nitrogens with zero attached hydrogens (tertiary/aromatic N) is 1. The Morgan fingerprint density at radius 3 is 3.00 bits per heavy atom. The maximum atomic E-state index is 5.81. The second-order valence-electron chi connectivity index (χ2n) is 4.07. The van der Waals surface area contributed by atoms with Crippen LogP contribution in [-0.4, -0.2) is 11.1 Å². The van der Waals surface area contributed by atoms with Crippen LogP contribution in [0.5, 0.6) is 5.75 Å². The smallest absolute Gasteiger partial charge is 0.145 e. The van der Waals surface area contributed by atoms with Gasteiger partial charge in [-0.25, -0.2) is 0 Å². The zero-order chi connectivity index (χ0) is 9.97. The molecule has 1 aromatic heterocycles. The Morgan fingerprint density at radius 1 is 1.50 bits per heavy atom. The van der Waals surface area contributed by atoms with Crippen LogP contribution in [0.4, 0.5) is 5.69 Å². The lowest BCUT2D eigenvalue weighted by Crippen LogP contribution is -2.12. The average molecular weight is 192 g/mol. The van der Waals surface area contributed by atoms with E-state index in [0.29, 0.717) is 11.8 Å². The van der Waals surface area contributed by atoms with E-state index >= 15 is 0 Å². The van der Waals surface area contributed by atoms with E-state index < -0.39 is 0 Å². The molecular weight excluding hydrogens is 176 g/mol. The number of rotatable bonds is 2. The summed E-state index contributed by atoms with van der Waals surface area (Å²) in [4.78, 5) is 3.93. The van der Waals surface area contributed by atoms with Crippen molar-refractivity contribution in [1.29, 1.82) is 0 Å². The number of pyridine rings is 1. The van der Waals surface area contributed by atoms with Crippen LogP contribution in [-0.2, 0) is 0 Å². The number of ether oxygens (including phenoxy) is 1. The van der Waals surface area contributed by atoms with Crippen LogP contribution in [0.2, 0.25) is 0 Å². The van der Waals surface area contributed by atoms with Crippen molar-refractivity contribution >= 4 is 5.69 Å². The van der Waals surface area contributed by atoms with Crippen molar-refractivity contribution in [2.75, 3.05) is 5.73 Å². The van der Waals surface area contributed by atoms with Crippen LogP contribution in [0.25, 0.3) is 0 Å². The first-order chi connectivity index (χ1) is 6.75. The summed E-state index contributed by atoms with van der Waals surface area (Å²) in [6, 6.07) is 1.83. The topological polar surface area (TPSA) is 48.1 Å². The first-order valence-corrected chi connectivity index (χ1v) is 5.12. The van der Waals surface area contributed by atoms with E-state index in [1.54, 1.807) is 12.4 Å². The molecule has 76 valence electrons. The van der Waals surface area contributed by atoms with Crippen molar-refractivity contribution in [2.45, 2.75) is 32.3 Å². The second kappa shape index (κ2) is 3.86. The molecule has 1 saturated carbocycles. The fourth-order valence-electron chi connectivity index (χ4n) is 1.94. The Kier molecular flexibility index (Phi) is 2.57. The predicted octanol–water partition coefficient (Wildman–Crippen LogP) is 2.23. The number of hydrogen-bond acceptors (Lipinski definition) is 3. The Balaban J connectivity index is 2.01. The second-order valence-corrected chi connectivity index (χ2v) is 4.07. The molecule has 3 heteroatoms. The van der Waals surface area contributed by atoms with E-state index in [-0.39, 0.29) is 0 Å². The number of aromatic nitrogens is 1. The van der Waals surface area contributed by atoms with Gasteiger partial charge in [-0.05, 0) is 25.2 Å². The Hall–Kier alpha value is -1.25. The van der Waals surface area contributed by atoms with Gasteiger partial charge in [0.1, 0.15) is 5.75 Å². The number of hydrogen-bond donors (Lipinski definition) is 1. The van der Waals surface area contributed by atoms with Gasteiger partial charge in [-0.3, -0.25) is 4.98 Å². The van der Waals surface area contributed by atoms with E-state index in [1.807, 2.05) is 6.07 Å². The summed E-state index contributed by atoms with van der Waals surface area (Å²) in [6.07, 6.45) is 7.23. The van der Waals surface area contributed by atoms with E-state index in [4.69, 9.17) is 10.5 Å². The van der Waals surface area contributed by atoms with Crippen molar-refractivity contribution in [1.82, 2.24) is 4.98 Å². The molecule has 1 aliphatic carbocycles. The average Bonchev–Trinajstić information content (AvgIpc) is 2.56. The molecule has 1 aromatic rings. The summed E-state index contributed by atoms with van der Waals surface area (Å²) in [7, 11) is 0. The molecule has 0 saturated heterocycles. The maximum absolute atomic E-state index is 5.81. The summed E-state index contributed by atoms with van der Waals surface area (Å²) < 4.78 is 5.81.